The van der Waals surface area contributed by atoms with E-state index >= 15 is 0 Å². The Hall–Kier alpha value is -3.22. The number of nitro groups is 1. The maximum atomic E-state index is 11.8. The first-order chi connectivity index (χ1) is 11.0. The number of amides is 2. The minimum absolute atomic E-state index is 0.164. The maximum Gasteiger partial charge on any atom is 0.313 e. The lowest BCUT2D eigenvalue weighted by molar-refractivity contribution is -0.384. The van der Waals surface area contributed by atoms with Gasteiger partial charge in [-0.1, -0.05) is 35.9 Å². The Labute approximate surface area is 132 Å². The Balaban J connectivity index is 1.92. The predicted molar refractivity (Wildman–Crippen MR) is 84.8 cm³/mol. The third-order valence-electron chi connectivity index (χ3n) is 3.09. The van der Waals surface area contributed by atoms with Crippen LogP contribution in [0.1, 0.15) is 11.1 Å². The zero-order valence-corrected chi connectivity index (χ0v) is 12.4. The van der Waals surface area contributed by atoms with Gasteiger partial charge in [0.2, 0.25) is 0 Å². The first-order valence-corrected chi connectivity index (χ1v) is 6.85. The molecular formula is C16H15N3O4. The summed E-state index contributed by atoms with van der Waals surface area (Å²) in [5.74, 6) is -1.69. The molecule has 2 N–H and O–H groups in total. The molecule has 0 spiro atoms. The summed E-state index contributed by atoms with van der Waals surface area (Å²) >= 11 is 0. The van der Waals surface area contributed by atoms with Crippen molar-refractivity contribution in [3.05, 3.63) is 69.8 Å². The Morgan fingerprint density at radius 3 is 2.43 bits per heavy atom. The zero-order chi connectivity index (χ0) is 16.8. The van der Waals surface area contributed by atoms with Gasteiger partial charge in [-0.05, 0) is 18.6 Å². The monoisotopic (exact) mass is 313 g/mol. The molecule has 0 aliphatic rings. The van der Waals surface area contributed by atoms with Crippen molar-refractivity contribution in [1.82, 2.24) is 5.32 Å². The summed E-state index contributed by atoms with van der Waals surface area (Å²) in [6.07, 6.45) is 0. The highest BCUT2D eigenvalue weighted by atomic mass is 16.6. The third kappa shape index (κ3) is 4.63. The van der Waals surface area contributed by atoms with E-state index in [-0.39, 0.29) is 17.9 Å². The van der Waals surface area contributed by atoms with Gasteiger partial charge in [-0.25, -0.2) is 0 Å². The predicted octanol–water partition coefficient (Wildman–Crippen LogP) is 2.16. The average Bonchev–Trinajstić information content (AvgIpc) is 2.54. The fraction of sp³-hybridized carbons (Fsp3) is 0.125. The van der Waals surface area contributed by atoms with Crippen LogP contribution >= 0.6 is 0 Å². The molecule has 23 heavy (non-hydrogen) atoms. The number of nitrogens with zero attached hydrogens (tertiary/aromatic N) is 1. The van der Waals surface area contributed by atoms with E-state index in [0.29, 0.717) is 0 Å². The molecule has 0 bridgehead atoms. The van der Waals surface area contributed by atoms with Crippen LogP contribution in [0.25, 0.3) is 0 Å². The van der Waals surface area contributed by atoms with Crippen molar-refractivity contribution in [3.63, 3.8) is 0 Å². The molecule has 0 saturated heterocycles. The van der Waals surface area contributed by atoms with Gasteiger partial charge in [-0.15, -0.1) is 0 Å². The van der Waals surface area contributed by atoms with Crippen molar-refractivity contribution in [1.29, 1.82) is 0 Å². The van der Waals surface area contributed by atoms with Crippen LogP contribution in [0.4, 0.5) is 11.4 Å². The number of non-ortho nitro benzene ring substituents is 1. The Kier molecular flexibility index (Phi) is 5.03. The number of carbonyl (C=O) groups excluding carboxylic acids is 2. The summed E-state index contributed by atoms with van der Waals surface area (Å²) in [5, 5.41) is 15.5. The fourth-order valence-corrected chi connectivity index (χ4v) is 1.85. The van der Waals surface area contributed by atoms with E-state index < -0.39 is 16.7 Å². The molecule has 2 amide bonds. The van der Waals surface area contributed by atoms with Crippen molar-refractivity contribution in [2.24, 2.45) is 0 Å². The number of benzene rings is 2. The topological polar surface area (TPSA) is 101 Å². The van der Waals surface area contributed by atoms with Crippen molar-refractivity contribution >= 4 is 23.2 Å². The standard InChI is InChI=1S/C16H15N3O4/c1-11-5-7-12(8-6-11)10-17-15(20)16(21)18-13-3-2-4-14(9-13)19(22)23/h2-9H,10H2,1H3,(H,17,20)(H,18,21). The quantitative estimate of drug-likeness (QED) is 0.513. The van der Waals surface area contributed by atoms with Gasteiger partial charge in [-0.2, -0.15) is 0 Å². The van der Waals surface area contributed by atoms with Gasteiger partial charge < -0.3 is 10.6 Å². The molecule has 7 heteroatoms. The van der Waals surface area contributed by atoms with Gasteiger partial charge >= 0.3 is 11.8 Å². The van der Waals surface area contributed by atoms with Gasteiger partial charge in [0.05, 0.1) is 4.92 Å². The Bertz CT molecular complexity index is 741. The second kappa shape index (κ2) is 7.17. The minimum Gasteiger partial charge on any atom is -0.344 e. The molecule has 0 unspecified atom stereocenters. The molecule has 2 rings (SSSR count). The molecule has 0 saturated carbocycles. The number of rotatable bonds is 4. The number of hydrogen-bond acceptors (Lipinski definition) is 4. The normalized spacial score (nSPS) is 9.96. The summed E-state index contributed by atoms with van der Waals surface area (Å²) in [6, 6.07) is 12.9. The number of hydrogen-bond donors (Lipinski definition) is 2. The second-order valence-electron chi connectivity index (χ2n) is 4.93. The third-order valence-corrected chi connectivity index (χ3v) is 3.09. The largest absolute Gasteiger partial charge is 0.344 e. The van der Waals surface area contributed by atoms with Gasteiger partial charge in [0.25, 0.3) is 5.69 Å². The summed E-state index contributed by atoms with van der Waals surface area (Å²) in [6.45, 7) is 2.18. The molecule has 2 aromatic rings. The second-order valence-corrected chi connectivity index (χ2v) is 4.93. The lowest BCUT2D eigenvalue weighted by Crippen LogP contribution is -2.34. The van der Waals surface area contributed by atoms with Crippen LogP contribution in [0, 0.1) is 17.0 Å². The van der Waals surface area contributed by atoms with E-state index in [1.54, 1.807) is 0 Å². The summed E-state index contributed by atoms with van der Waals surface area (Å²) < 4.78 is 0. The molecule has 0 fully saturated rings. The molecule has 2 aromatic carbocycles. The number of anilines is 1. The highest BCUT2D eigenvalue weighted by Crippen LogP contribution is 2.16. The number of nitro benzene ring substituents is 1. The van der Waals surface area contributed by atoms with Crippen LogP contribution in [0.3, 0.4) is 0 Å². The Morgan fingerprint density at radius 1 is 1.09 bits per heavy atom. The summed E-state index contributed by atoms with van der Waals surface area (Å²) in [4.78, 5) is 33.6. The number of carbonyl (C=O) groups is 2. The first-order valence-electron chi connectivity index (χ1n) is 6.85. The van der Waals surface area contributed by atoms with Crippen molar-refractivity contribution in [2.75, 3.05) is 5.32 Å². The van der Waals surface area contributed by atoms with E-state index in [4.69, 9.17) is 0 Å². The van der Waals surface area contributed by atoms with Crippen molar-refractivity contribution in [3.8, 4) is 0 Å². The van der Waals surface area contributed by atoms with E-state index in [0.717, 1.165) is 11.1 Å². The van der Waals surface area contributed by atoms with E-state index in [1.165, 1.54) is 24.3 Å². The summed E-state index contributed by atoms with van der Waals surface area (Å²) in [5.41, 5.74) is 1.99. The number of aryl methyl sites for hydroxylation is 1. The highest BCUT2D eigenvalue weighted by molar-refractivity contribution is 6.39. The molecular weight excluding hydrogens is 298 g/mol. The highest BCUT2D eigenvalue weighted by Gasteiger charge is 2.14. The molecule has 0 aliphatic carbocycles. The van der Waals surface area contributed by atoms with Crippen molar-refractivity contribution in [2.45, 2.75) is 13.5 Å². The SMILES string of the molecule is Cc1ccc(CNC(=O)C(=O)Nc2cccc([N+](=O)[O-])c2)cc1. The first kappa shape index (κ1) is 16.2. The van der Waals surface area contributed by atoms with Gasteiger partial charge in [-0.3, -0.25) is 19.7 Å². The molecule has 118 valence electrons. The molecule has 0 aliphatic heterocycles. The van der Waals surface area contributed by atoms with Crippen LogP contribution in [-0.4, -0.2) is 16.7 Å². The van der Waals surface area contributed by atoms with Crippen LogP contribution < -0.4 is 10.6 Å². The zero-order valence-electron chi connectivity index (χ0n) is 12.4. The van der Waals surface area contributed by atoms with Gasteiger partial charge in [0.15, 0.2) is 0 Å². The van der Waals surface area contributed by atoms with E-state index in [1.807, 2.05) is 31.2 Å². The summed E-state index contributed by atoms with van der Waals surface area (Å²) in [7, 11) is 0. The molecule has 7 nitrogen and oxygen atoms in total. The average molecular weight is 313 g/mol. The van der Waals surface area contributed by atoms with Crippen LogP contribution in [0.5, 0.6) is 0 Å². The molecule has 0 aromatic heterocycles. The number of nitrogens with one attached hydrogen (secondary N) is 2. The minimum atomic E-state index is -0.877. The smallest absolute Gasteiger partial charge is 0.313 e. The lowest BCUT2D eigenvalue weighted by Gasteiger charge is -2.07. The van der Waals surface area contributed by atoms with Gasteiger partial charge in [0.1, 0.15) is 0 Å². The van der Waals surface area contributed by atoms with Crippen LogP contribution in [-0.2, 0) is 16.1 Å². The van der Waals surface area contributed by atoms with Gasteiger partial charge in [0, 0.05) is 24.4 Å². The fourth-order valence-electron chi connectivity index (χ4n) is 1.85. The van der Waals surface area contributed by atoms with Crippen LogP contribution in [0.2, 0.25) is 0 Å². The molecule has 0 radical (unpaired) electrons. The Morgan fingerprint density at radius 2 is 1.78 bits per heavy atom. The molecule has 0 heterocycles. The lowest BCUT2D eigenvalue weighted by atomic mass is 10.1. The molecule has 0 atom stereocenters. The van der Waals surface area contributed by atoms with Crippen LogP contribution in [0.15, 0.2) is 48.5 Å². The van der Waals surface area contributed by atoms with E-state index in [2.05, 4.69) is 10.6 Å². The van der Waals surface area contributed by atoms with E-state index in [9.17, 15) is 19.7 Å². The van der Waals surface area contributed by atoms with Crippen molar-refractivity contribution < 1.29 is 14.5 Å². The maximum absolute atomic E-state index is 11.8.